The van der Waals surface area contributed by atoms with Gasteiger partial charge in [0.2, 0.25) is 0 Å². The van der Waals surface area contributed by atoms with E-state index in [1.165, 1.54) is 0 Å². The Morgan fingerprint density at radius 1 is 1.23 bits per heavy atom. The first-order valence-corrected chi connectivity index (χ1v) is 5.24. The van der Waals surface area contributed by atoms with Crippen LogP contribution < -0.4 is 5.32 Å². The predicted octanol–water partition coefficient (Wildman–Crippen LogP) is 0.665. The Bertz CT molecular complexity index is 180. The van der Waals surface area contributed by atoms with E-state index in [1.807, 2.05) is 0 Å². The minimum absolute atomic E-state index is 0.0625. The molecule has 2 N–H and O–H groups in total. The first-order valence-electron chi connectivity index (χ1n) is 5.24. The summed E-state index contributed by atoms with van der Waals surface area (Å²) in [6.45, 7) is 4.24. The van der Waals surface area contributed by atoms with Crippen LogP contribution in [0.3, 0.4) is 0 Å². The second-order valence-corrected chi connectivity index (χ2v) is 4.48. The number of hydrogen-bond acceptors (Lipinski definition) is 3. The van der Waals surface area contributed by atoms with Crippen molar-refractivity contribution in [3.63, 3.8) is 0 Å². The molecule has 0 aromatic heterocycles. The molecule has 1 saturated carbocycles. The quantitative estimate of drug-likeness (QED) is 0.664. The first kappa shape index (κ1) is 9.44. The van der Waals surface area contributed by atoms with Gasteiger partial charge in [-0.05, 0) is 33.1 Å². The Morgan fingerprint density at radius 3 is 2.38 bits per heavy atom. The molecular formula is C10H19NO2. The average Bonchev–Trinajstić information content (AvgIpc) is 2.27. The highest BCUT2D eigenvalue weighted by Gasteiger charge is 2.34. The van der Waals surface area contributed by atoms with Crippen molar-refractivity contribution in [1.29, 1.82) is 0 Å². The van der Waals surface area contributed by atoms with Crippen LogP contribution in [0, 0.1) is 0 Å². The highest BCUT2D eigenvalue weighted by Crippen LogP contribution is 2.25. The van der Waals surface area contributed by atoms with Crippen LogP contribution >= 0.6 is 0 Å². The molecule has 3 heteroatoms. The van der Waals surface area contributed by atoms with Crippen molar-refractivity contribution in [2.24, 2.45) is 0 Å². The number of aliphatic hydroxyl groups is 1. The molecule has 2 aliphatic rings. The number of rotatable bonds is 2. The number of nitrogens with one attached hydrogen (secondary N) is 1. The molecule has 0 spiro atoms. The van der Waals surface area contributed by atoms with Gasteiger partial charge in [0, 0.05) is 12.1 Å². The molecule has 3 unspecified atom stereocenters. The molecule has 2 fully saturated rings. The van der Waals surface area contributed by atoms with Gasteiger partial charge in [-0.2, -0.15) is 0 Å². The van der Waals surface area contributed by atoms with E-state index in [9.17, 15) is 0 Å². The molecule has 1 saturated heterocycles. The van der Waals surface area contributed by atoms with Crippen molar-refractivity contribution in [3.8, 4) is 0 Å². The molecule has 0 aromatic carbocycles. The van der Waals surface area contributed by atoms with Crippen molar-refractivity contribution in [3.05, 3.63) is 0 Å². The summed E-state index contributed by atoms with van der Waals surface area (Å²) < 4.78 is 5.65. The van der Waals surface area contributed by atoms with Gasteiger partial charge in [0.05, 0.1) is 18.3 Å². The maximum absolute atomic E-state index is 9.14. The van der Waals surface area contributed by atoms with E-state index in [-0.39, 0.29) is 6.10 Å². The standard InChI is InChI=1S/C10H19NO2/c1-6-3-10(7(2)13-6)11-8-4-9(12)5-8/h6-12H,3-5H2,1-2H3. The van der Waals surface area contributed by atoms with Crippen LogP contribution in [0.25, 0.3) is 0 Å². The van der Waals surface area contributed by atoms with E-state index in [4.69, 9.17) is 9.84 Å². The fraction of sp³-hybridized carbons (Fsp3) is 1.00. The van der Waals surface area contributed by atoms with Crippen LogP contribution in [-0.2, 0) is 4.74 Å². The zero-order valence-electron chi connectivity index (χ0n) is 8.36. The van der Waals surface area contributed by atoms with Crippen molar-refractivity contribution >= 4 is 0 Å². The molecule has 0 amide bonds. The van der Waals surface area contributed by atoms with E-state index >= 15 is 0 Å². The van der Waals surface area contributed by atoms with Crippen molar-refractivity contribution in [2.45, 2.75) is 63.5 Å². The zero-order valence-corrected chi connectivity index (χ0v) is 8.36. The third kappa shape index (κ3) is 2.03. The third-order valence-electron chi connectivity index (χ3n) is 3.16. The van der Waals surface area contributed by atoms with Crippen molar-refractivity contribution in [2.75, 3.05) is 0 Å². The summed E-state index contributed by atoms with van der Waals surface area (Å²) in [5, 5.41) is 12.7. The van der Waals surface area contributed by atoms with Crippen molar-refractivity contribution < 1.29 is 9.84 Å². The predicted molar refractivity (Wildman–Crippen MR) is 50.6 cm³/mol. The highest BCUT2D eigenvalue weighted by atomic mass is 16.5. The molecule has 2 rings (SSSR count). The minimum Gasteiger partial charge on any atom is -0.393 e. The number of aliphatic hydroxyl groups excluding tert-OH is 1. The largest absolute Gasteiger partial charge is 0.393 e. The summed E-state index contributed by atoms with van der Waals surface area (Å²) in [7, 11) is 0. The Balaban J connectivity index is 1.75. The number of hydrogen-bond donors (Lipinski definition) is 2. The lowest BCUT2D eigenvalue weighted by molar-refractivity contribution is 0.0391. The topological polar surface area (TPSA) is 41.5 Å². The fourth-order valence-corrected chi connectivity index (χ4v) is 2.30. The average molecular weight is 185 g/mol. The first-order chi connectivity index (χ1) is 6.15. The van der Waals surface area contributed by atoms with Crippen LogP contribution in [0.1, 0.15) is 33.1 Å². The van der Waals surface area contributed by atoms with E-state index in [2.05, 4.69) is 19.2 Å². The van der Waals surface area contributed by atoms with E-state index in [0.717, 1.165) is 19.3 Å². The molecule has 0 aromatic rings. The summed E-state index contributed by atoms with van der Waals surface area (Å²) >= 11 is 0. The lowest BCUT2D eigenvalue weighted by Crippen LogP contribution is -2.50. The highest BCUT2D eigenvalue weighted by molar-refractivity contribution is 4.91. The Kier molecular flexibility index (Phi) is 2.58. The van der Waals surface area contributed by atoms with Crippen LogP contribution in [0.4, 0.5) is 0 Å². The third-order valence-corrected chi connectivity index (χ3v) is 3.16. The molecule has 0 bridgehead atoms. The van der Waals surface area contributed by atoms with E-state index < -0.39 is 0 Å². The molecule has 13 heavy (non-hydrogen) atoms. The summed E-state index contributed by atoms with van der Waals surface area (Å²) in [5.41, 5.74) is 0. The molecule has 3 atom stereocenters. The normalized spacial score (nSPS) is 50.5. The van der Waals surface area contributed by atoms with Gasteiger partial charge in [-0.25, -0.2) is 0 Å². The molecule has 0 radical (unpaired) electrons. The van der Waals surface area contributed by atoms with E-state index in [1.54, 1.807) is 0 Å². The van der Waals surface area contributed by atoms with Gasteiger partial charge in [-0.3, -0.25) is 0 Å². The summed E-state index contributed by atoms with van der Waals surface area (Å²) in [4.78, 5) is 0. The van der Waals surface area contributed by atoms with Gasteiger partial charge in [0.25, 0.3) is 0 Å². The maximum Gasteiger partial charge on any atom is 0.0704 e. The lowest BCUT2D eigenvalue weighted by Gasteiger charge is -2.35. The molecule has 1 aliphatic heterocycles. The summed E-state index contributed by atoms with van der Waals surface area (Å²) in [6.07, 6.45) is 3.58. The van der Waals surface area contributed by atoms with Gasteiger partial charge < -0.3 is 15.2 Å². The number of ether oxygens (including phenoxy) is 1. The monoisotopic (exact) mass is 185 g/mol. The molecule has 1 heterocycles. The SMILES string of the molecule is CC1CC(NC2CC(O)C2)C(C)O1. The second kappa shape index (κ2) is 3.56. The van der Waals surface area contributed by atoms with E-state index in [0.29, 0.717) is 24.3 Å². The van der Waals surface area contributed by atoms with Gasteiger partial charge in [-0.1, -0.05) is 0 Å². The fourth-order valence-electron chi connectivity index (χ4n) is 2.30. The molecular weight excluding hydrogens is 166 g/mol. The summed E-state index contributed by atoms with van der Waals surface area (Å²) in [6, 6.07) is 1.02. The van der Waals surface area contributed by atoms with Crippen molar-refractivity contribution in [1.82, 2.24) is 5.32 Å². The summed E-state index contributed by atoms with van der Waals surface area (Å²) in [5.74, 6) is 0. The van der Waals surface area contributed by atoms with Gasteiger partial charge >= 0.3 is 0 Å². The molecule has 76 valence electrons. The maximum atomic E-state index is 9.14. The Hall–Kier alpha value is -0.120. The van der Waals surface area contributed by atoms with Crippen LogP contribution in [0.2, 0.25) is 0 Å². The van der Waals surface area contributed by atoms with Gasteiger partial charge in [-0.15, -0.1) is 0 Å². The molecule has 3 nitrogen and oxygen atoms in total. The van der Waals surface area contributed by atoms with Crippen LogP contribution in [0.5, 0.6) is 0 Å². The van der Waals surface area contributed by atoms with Crippen LogP contribution in [0.15, 0.2) is 0 Å². The van der Waals surface area contributed by atoms with Gasteiger partial charge in [0.1, 0.15) is 0 Å². The second-order valence-electron chi connectivity index (χ2n) is 4.48. The Morgan fingerprint density at radius 2 is 1.92 bits per heavy atom. The minimum atomic E-state index is -0.0625. The van der Waals surface area contributed by atoms with Gasteiger partial charge in [0.15, 0.2) is 0 Å². The lowest BCUT2D eigenvalue weighted by atomic mass is 9.88. The Labute approximate surface area is 79.5 Å². The van der Waals surface area contributed by atoms with Crippen LogP contribution in [-0.4, -0.2) is 35.5 Å². The smallest absolute Gasteiger partial charge is 0.0704 e. The molecule has 1 aliphatic carbocycles. The zero-order chi connectivity index (χ0) is 9.42.